The van der Waals surface area contributed by atoms with E-state index < -0.39 is 9.04 Å². The minimum atomic E-state index is -2.19. The van der Waals surface area contributed by atoms with Gasteiger partial charge in [-0.25, -0.2) is 4.39 Å². The van der Waals surface area contributed by atoms with Crippen molar-refractivity contribution in [3.63, 3.8) is 0 Å². The topological polar surface area (TPSA) is 49.7 Å². The van der Waals surface area contributed by atoms with Crippen LogP contribution in [0.4, 0.5) is 4.39 Å². The van der Waals surface area contributed by atoms with Crippen LogP contribution >= 0.6 is 0 Å². The van der Waals surface area contributed by atoms with Gasteiger partial charge in [-0.3, -0.25) is 0 Å². The van der Waals surface area contributed by atoms with Crippen molar-refractivity contribution in [1.82, 2.24) is 0 Å². The highest BCUT2D eigenvalue weighted by molar-refractivity contribution is 6.51. The van der Waals surface area contributed by atoms with E-state index in [4.69, 9.17) is 9.84 Å². The lowest BCUT2D eigenvalue weighted by Crippen LogP contribution is -2.41. The molecule has 0 amide bonds. The van der Waals surface area contributed by atoms with Crippen molar-refractivity contribution in [2.45, 2.75) is 18.6 Å². The van der Waals surface area contributed by atoms with Crippen molar-refractivity contribution >= 4 is 9.04 Å². The SMILES string of the molecule is OC[Si@H](O)[C@@H]1CCc2cc(F)ccc2O1. The van der Waals surface area contributed by atoms with E-state index in [2.05, 4.69) is 0 Å². The zero-order valence-electron chi connectivity index (χ0n) is 8.19. The third-order valence-corrected chi connectivity index (χ3v) is 4.32. The molecule has 0 saturated carbocycles. The van der Waals surface area contributed by atoms with Crippen LogP contribution in [-0.4, -0.2) is 30.9 Å². The van der Waals surface area contributed by atoms with Crippen LogP contribution in [0.1, 0.15) is 12.0 Å². The van der Waals surface area contributed by atoms with E-state index in [-0.39, 0.29) is 17.8 Å². The molecule has 2 rings (SSSR count). The molecule has 1 aromatic carbocycles. The van der Waals surface area contributed by atoms with Gasteiger partial charge in [0.1, 0.15) is 17.3 Å². The number of ether oxygens (including phenoxy) is 1. The molecule has 2 atom stereocenters. The fourth-order valence-electron chi connectivity index (χ4n) is 1.77. The second-order valence-corrected chi connectivity index (χ2v) is 5.94. The van der Waals surface area contributed by atoms with Crippen molar-refractivity contribution in [2.24, 2.45) is 0 Å². The molecule has 0 radical (unpaired) electrons. The zero-order valence-corrected chi connectivity index (χ0v) is 9.34. The molecule has 0 fully saturated rings. The number of halogens is 1. The first kappa shape index (κ1) is 10.6. The Kier molecular flexibility index (Phi) is 3.04. The maximum atomic E-state index is 12.9. The average molecular weight is 228 g/mol. The third-order valence-electron chi connectivity index (χ3n) is 2.62. The number of hydrogen-bond donors (Lipinski definition) is 2. The molecule has 0 unspecified atom stereocenters. The number of rotatable bonds is 2. The minimum Gasteiger partial charge on any atom is -0.491 e. The monoisotopic (exact) mass is 228 g/mol. The van der Waals surface area contributed by atoms with Gasteiger partial charge in [-0.15, -0.1) is 0 Å². The molecule has 3 nitrogen and oxygen atoms in total. The first-order valence-electron chi connectivity index (χ1n) is 4.94. The maximum absolute atomic E-state index is 12.9. The van der Waals surface area contributed by atoms with Crippen molar-refractivity contribution in [3.05, 3.63) is 29.6 Å². The quantitative estimate of drug-likeness (QED) is 0.716. The van der Waals surface area contributed by atoms with E-state index in [1.165, 1.54) is 12.1 Å². The smallest absolute Gasteiger partial charge is 0.240 e. The summed E-state index contributed by atoms with van der Waals surface area (Å²) in [6, 6.07) is 4.38. The molecule has 0 bridgehead atoms. The molecular weight excluding hydrogens is 215 g/mol. The first-order valence-corrected chi connectivity index (χ1v) is 6.94. The molecule has 0 aromatic heterocycles. The number of fused-ring (bicyclic) bond motifs is 1. The van der Waals surface area contributed by atoms with E-state index >= 15 is 0 Å². The van der Waals surface area contributed by atoms with E-state index in [9.17, 15) is 9.19 Å². The molecule has 0 aliphatic carbocycles. The van der Waals surface area contributed by atoms with Gasteiger partial charge in [0.15, 0.2) is 0 Å². The molecule has 0 spiro atoms. The Bertz CT molecular complexity index is 359. The van der Waals surface area contributed by atoms with Crippen LogP contribution in [0.3, 0.4) is 0 Å². The third kappa shape index (κ3) is 2.19. The van der Waals surface area contributed by atoms with E-state index in [0.717, 1.165) is 5.56 Å². The second kappa shape index (κ2) is 4.30. The standard InChI is InChI=1S/C10H13FO3Si/c11-8-2-3-9-7(5-8)1-4-10(14-9)15(13)6-12/h2-3,5,10,12-13,15H,1,4,6H2/t10-,15+/m1/s1. The lowest BCUT2D eigenvalue weighted by Gasteiger charge is -2.27. The molecular formula is C10H13FO3Si. The van der Waals surface area contributed by atoms with Gasteiger partial charge in [0.25, 0.3) is 0 Å². The van der Waals surface area contributed by atoms with Crippen LogP contribution in [0, 0.1) is 5.82 Å². The number of aliphatic hydroxyl groups excluding tert-OH is 1. The molecule has 15 heavy (non-hydrogen) atoms. The second-order valence-electron chi connectivity index (χ2n) is 3.70. The highest BCUT2D eigenvalue weighted by Gasteiger charge is 2.27. The Morgan fingerprint density at radius 3 is 3.07 bits per heavy atom. The van der Waals surface area contributed by atoms with Gasteiger partial charge in [0.05, 0.1) is 6.23 Å². The first-order chi connectivity index (χ1) is 7.20. The van der Waals surface area contributed by atoms with Crippen LogP contribution in [0.15, 0.2) is 18.2 Å². The predicted molar refractivity (Wildman–Crippen MR) is 55.6 cm³/mol. The predicted octanol–water partition coefficient (Wildman–Crippen LogP) is 0.306. The van der Waals surface area contributed by atoms with Crippen LogP contribution < -0.4 is 4.74 Å². The highest BCUT2D eigenvalue weighted by atomic mass is 28.3. The Labute approximate surface area is 88.9 Å². The number of aryl methyl sites for hydroxylation is 1. The van der Waals surface area contributed by atoms with E-state index in [1.54, 1.807) is 6.07 Å². The average Bonchev–Trinajstić information content (AvgIpc) is 2.27. The highest BCUT2D eigenvalue weighted by Crippen LogP contribution is 2.28. The number of benzene rings is 1. The number of hydrogen-bond acceptors (Lipinski definition) is 3. The lowest BCUT2D eigenvalue weighted by atomic mass is 10.1. The summed E-state index contributed by atoms with van der Waals surface area (Å²) in [5, 5.41) is 8.85. The summed E-state index contributed by atoms with van der Waals surface area (Å²) in [5.41, 5.74) is 0.582. The zero-order chi connectivity index (χ0) is 10.8. The summed E-state index contributed by atoms with van der Waals surface area (Å²) in [4.78, 5) is 9.55. The van der Waals surface area contributed by atoms with Crippen molar-refractivity contribution in [3.8, 4) is 5.75 Å². The molecule has 1 aromatic rings. The van der Waals surface area contributed by atoms with Gasteiger partial charge < -0.3 is 14.6 Å². The molecule has 5 heteroatoms. The van der Waals surface area contributed by atoms with Crippen molar-refractivity contribution in [2.75, 3.05) is 6.23 Å². The molecule has 1 heterocycles. The van der Waals surface area contributed by atoms with Crippen LogP contribution in [0.5, 0.6) is 5.75 Å². The fourth-order valence-corrected chi connectivity index (χ4v) is 2.86. The van der Waals surface area contributed by atoms with Gasteiger partial charge in [-0.1, -0.05) is 0 Å². The lowest BCUT2D eigenvalue weighted by molar-refractivity contribution is 0.210. The van der Waals surface area contributed by atoms with Crippen LogP contribution in [0.25, 0.3) is 0 Å². The molecule has 1 aliphatic heterocycles. The summed E-state index contributed by atoms with van der Waals surface area (Å²) in [6.07, 6.45) is 1.17. The summed E-state index contributed by atoms with van der Waals surface area (Å²) in [5.74, 6) is 0.364. The number of aliphatic hydroxyl groups is 1. The Morgan fingerprint density at radius 1 is 1.53 bits per heavy atom. The molecule has 2 N–H and O–H groups in total. The Balaban J connectivity index is 2.16. The van der Waals surface area contributed by atoms with E-state index in [1.807, 2.05) is 0 Å². The van der Waals surface area contributed by atoms with Crippen molar-refractivity contribution in [1.29, 1.82) is 0 Å². The fraction of sp³-hybridized carbons (Fsp3) is 0.400. The maximum Gasteiger partial charge on any atom is 0.240 e. The van der Waals surface area contributed by atoms with Gasteiger partial charge in [-0.2, -0.15) is 0 Å². The largest absolute Gasteiger partial charge is 0.491 e. The van der Waals surface area contributed by atoms with Gasteiger partial charge in [0.2, 0.25) is 9.04 Å². The Morgan fingerprint density at radius 2 is 2.33 bits per heavy atom. The summed E-state index contributed by atoms with van der Waals surface area (Å²) < 4.78 is 18.4. The molecule has 1 aliphatic rings. The minimum absolute atomic E-state index is 0.179. The van der Waals surface area contributed by atoms with Crippen molar-refractivity contribution < 1.29 is 19.0 Å². The molecule has 0 saturated heterocycles. The summed E-state index contributed by atoms with van der Waals surface area (Å²) in [6.45, 7) is 0. The normalized spacial score (nSPS) is 21.7. The summed E-state index contributed by atoms with van der Waals surface area (Å²) >= 11 is 0. The van der Waals surface area contributed by atoms with E-state index in [0.29, 0.717) is 18.6 Å². The van der Waals surface area contributed by atoms with Gasteiger partial charge in [0, 0.05) is 0 Å². The summed E-state index contributed by atoms with van der Waals surface area (Å²) in [7, 11) is -2.19. The Hall–Kier alpha value is -0.913. The van der Waals surface area contributed by atoms with Crippen LogP contribution in [0.2, 0.25) is 0 Å². The molecule has 82 valence electrons. The van der Waals surface area contributed by atoms with Gasteiger partial charge in [-0.05, 0) is 36.6 Å². The van der Waals surface area contributed by atoms with Crippen LogP contribution in [-0.2, 0) is 6.42 Å². The van der Waals surface area contributed by atoms with Gasteiger partial charge >= 0.3 is 0 Å².